The summed E-state index contributed by atoms with van der Waals surface area (Å²) in [6.45, 7) is 3.95. The zero-order chi connectivity index (χ0) is 27.1. The lowest BCUT2D eigenvalue weighted by molar-refractivity contribution is 0.0941. The van der Waals surface area contributed by atoms with Crippen molar-refractivity contribution in [3.63, 3.8) is 0 Å². The standard InChI is InChI=1S/C30H26N8O/c1-19(34-30(39)26-28(31)35-37-16-8-15-32-29(26)37)25-17-22-10-7-9-21(13-14-23-18-33-36(3)20(23)2)27(22)38(25)24-11-5-4-6-12-24/h4-12,15-19H,1-3H3,(H2,31,35)(H,34,39)/t19-/m1/s1. The predicted molar refractivity (Wildman–Crippen MR) is 150 cm³/mol. The summed E-state index contributed by atoms with van der Waals surface area (Å²) in [7, 11) is 1.90. The fraction of sp³-hybridized carbons (Fsp3) is 0.133. The lowest BCUT2D eigenvalue weighted by Crippen LogP contribution is -2.28. The molecule has 9 nitrogen and oxygen atoms in total. The summed E-state index contributed by atoms with van der Waals surface area (Å²) in [6.07, 6.45) is 5.10. The highest BCUT2D eigenvalue weighted by Gasteiger charge is 2.24. The number of amides is 1. The fourth-order valence-electron chi connectivity index (χ4n) is 4.78. The molecular weight excluding hydrogens is 488 g/mol. The molecule has 0 aliphatic carbocycles. The second-order valence-corrected chi connectivity index (χ2v) is 9.34. The third kappa shape index (κ3) is 4.18. The molecule has 4 heterocycles. The van der Waals surface area contributed by atoms with Crippen LogP contribution in [0.15, 0.2) is 79.3 Å². The van der Waals surface area contributed by atoms with Crippen LogP contribution in [0.1, 0.15) is 45.8 Å². The molecule has 192 valence electrons. The van der Waals surface area contributed by atoms with Crippen LogP contribution in [0.3, 0.4) is 0 Å². The first-order valence-corrected chi connectivity index (χ1v) is 12.5. The van der Waals surface area contributed by atoms with E-state index < -0.39 is 0 Å². The fourth-order valence-corrected chi connectivity index (χ4v) is 4.78. The molecule has 0 saturated heterocycles. The highest BCUT2D eigenvalue weighted by molar-refractivity contribution is 6.04. The molecule has 0 aliphatic heterocycles. The van der Waals surface area contributed by atoms with E-state index in [1.807, 2.05) is 68.0 Å². The summed E-state index contributed by atoms with van der Waals surface area (Å²) in [4.78, 5) is 17.7. The summed E-state index contributed by atoms with van der Waals surface area (Å²) in [5.74, 6) is 6.44. The molecule has 6 rings (SSSR count). The van der Waals surface area contributed by atoms with E-state index in [2.05, 4.69) is 49.0 Å². The van der Waals surface area contributed by atoms with Gasteiger partial charge in [0.1, 0.15) is 5.56 Å². The molecule has 0 saturated carbocycles. The van der Waals surface area contributed by atoms with Gasteiger partial charge < -0.3 is 15.6 Å². The van der Waals surface area contributed by atoms with Gasteiger partial charge in [-0.05, 0) is 44.2 Å². The van der Waals surface area contributed by atoms with Crippen LogP contribution in [-0.2, 0) is 7.05 Å². The van der Waals surface area contributed by atoms with Crippen molar-refractivity contribution in [3.8, 4) is 17.5 Å². The van der Waals surface area contributed by atoms with Gasteiger partial charge in [-0.3, -0.25) is 9.48 Å². The number of nitrogen functional groups attached to an aromatic ring is 1. The Kier molecular flexibility index (Phi) is 5.85. The summed E-state index contributed by atoms with van der Waals surface area (Å²) in [5, 5.41) is 12.7. The molecule has 4 aromatic heterocycles. The zero-order valence-electron chi connectivity index (χ0n) is 21.8. The Morgan fingerprint density at radius 2 is 1.85 bits per heavy atom. The number of para-hydroxylation sites is 2. The molecule has 39 heavy (non-hydrogen) atoms. The molecule has 0 bridgehead atoms. The van der Waals surface area contributed by atoms with E-state index >= 15 is 0 Å². The topological polar surface area (TPSA) is 108 Å². The van der Waals surface area contributed by atoms with Crippen LogP contribution in [-0.4, -0.2) is 34.9 Å². The zero-order valence-corrected chi connectivity index (χ0v) is 21.8. The van der Waals surface area contributed by atoms with Crippen LogP contribution in [0.4, 0.5) is 5.82 Å². The second kappa shape index (κ2) is 9.50. The molecule has 6 aromatic rings. The van der Waals surface area contributed by atoms with Crippen LogP contribution in [0.5, 0.6) is 0 Å². The number of hydrogen-bond donors (Lipinski definition) is 2. The number of rotatable bonds is 4. The number of benzene rings is 2. The van der Waals surface area contributed by atoms with Crippen molar-refractivity contribution in [2.75, 3.05) is 5.73 Å². The number of carbonyl (C=O) groups is 1. The van der Waals surface area contributed by atoms with Crippen molar-refractivity contribution in [3.05, 3.63) is 107 Å². The summed E-state index contributed by atoms with van der Waals surface area (Å²) >= 11 is 0. The molecule has 0 unspecified atom stereocenters. The highest BCUT2D eigenvalue weighted by atomic mass is 16.1. The molecule has 2 aromatic carbocycles. The normalized spacial score (nSPS) is 11.9. The van der Waals surface area contributed by atoms with Gasteiger partial charge >= 0.3 is 0 Å². The Hall–Kier alpha value is -5.36. The molecule has 9 heteroatoms. The van der Waals surface area contributed by atoms with Crippen LogP contribution in [0.2, 0.25) is 0 Å². The second-order valence-electron chi connectivity index (χ2n) is 9.34. The van der Waals surface area contributed by atoms with Crippen molar-refractivity contribution >= 4 is 28.3 Å². The van der Waals surface area contributed by atoms with Crippen molar-refractivity contribution in [1.82, 2.24) is 34.3 Å². The van der Waals surface area contributed by atoms with Gasteiger partial charge in [0.15, 0.2) is 11.5 Å². The molecule has 0 spiro atoms. The lowest BCUT2D eigenvalue weighted by atomic mass is 10.1. The van der Waals surface area contributed by atoms with Gasteiger partial charge in [0.25, 0.3) is 5.91 Å². The number of nitrogens with one attached hydrogen (secondary N) is 1. The number of nitrogens with zero attached hydrogens (tertiary/aromatic N) is 6. The quantitative estimate of drug-likeness (QED) is 0.343. The highest BCUT2D eigenvalue weighted by Crippen LogP contribution is 2.31. The number of carbonyl (C=O) groups excluding carboxylic acids is 1. The number of anilines is 1. The van der Waals surface area contributed by atoms with Gasteiger partial charge in [-0.1, -0.05) is 42.2 Å². The van der Waals surface area contributed by atoms with Crippen LogP contribution in [0, 0.1) is 18.8 Å². The first-order valence-electron chi connectivity index (χ1n) is 12.5. The van der Waals surface area contributed by atoms with Crippen LogP contribution >= 0.6 is 0 Å². The van der Waals surface area contributed by atoms with Gasteiger partial charge in [-0.25, -0.2) is 9.50 Å². The Morgan fingerprint density at radius 3 is 2.62 bits per heavy atom. The first-order chi connectivity index (χ1) is 18.9. The van der Waals surface area contributed by atoms with Gasteiger partial charge in [0.2, 0.25) is 0 Å². The van der Waals surface area contributed by atoms with Crippen molar-refractivity contribution in [2.45, 2.75) is 19.9 Å². The predicted octanol–water partition coefficient (Wildman–Crippen LogP) is 4.19. The van der Waals surface area contributed by atoms with Crippen molar-refractivity contribution in [1.29, 1.82) is 0 Å². The molecule has 0 radical (unpaired) electrons. The summed E-state index contributed by atoms with van der Waals surface area (Å²) in [5.41, 5.74) is 12.4. The minimum atomic E-state index is -0.371. The minimum absolute atomic E-state index is 0.130. The Balaban J connectivity index is 1.46. The van der Waals surface area contributed by atoms with E-state index in [4.69, 9.17) is 5.73 Å². The maximum absolute atomic E-state index is 13.4. The van der Waals surface area contributed by atoms with Crippen molar-refractivity contribution in [2.24, 2.45) is 7.05 Å². The number of aromatic nitrogens is 6. The Morgan fingerprint density at radius 1 is 1.05 bits per heavy atom. The molecule has 1 atom stereocenters. The van der Waals surface area contributed by atoms with Crippen LogP contribution < -0.4 is 11.1 Å². The third-order valence-corrected chi connectivity index (χ3v) is 6.87. The van der Waals surface area contributed by atoms with Crippen LogP contribution in [0.25, 0.3) is 22.2 Å². The summed E-state index contributed by atoms with van der Waals surface area (Å²) < 4.78 is 5.47. The monoisotopic (exact) mass is 514 g/mol. The van der Waals surface area contributed by atoms with Gasteiger partial charge in [0.05, 0.1) is 29.0 Å². The SMILES string of the molecule is Cc1c(C#Cc2cccc3cc([C@@H](C)NC(=O)c4c(N)nn5cccnc45)n(-c4ccccc4)c23)cnn1C. The number of aryl methyl sites for hydroxylation is 1. The third-order valence-electron chi connectivity index (χ3n) is 6.87. The maximum atomic E-state index is 13.4. The molecule has 3 N–H and O–H groups in total. The minimum Gasteiger partial charge on any atom is -0.381 e. The van der Waals surface area contributed by atoms with Gasteiger partial charge in [-0.15, -0.1) is 5.10 Å². The smallest absolute Gasteiger partial charge is 0.259 e. The average Bonchev–Trinajstić information content (AvgIpc) is 3.60. The Bertz CT molecular complexity index is 1920. The van der Waals surface area contributed by atoms with Gasteiger partial charge in [0, 0.05) is 41.8 Å². The van der Waals surface area contributed by atoms with E-state index in [1.54, 1.807) is 24.7 Å². The number of nitrogens with two attached hydrogens (primary N) is 1. The number of fused-ring (bicyclic) bond motifs is 2. The van der Waals surface area contributed by atoms with E-state index in [-0.39, 0.29) is 23.3 Å². The average molecular weight is 515 g/mol. The number of hydrogen-bond acceptors (Lipinski definition) is 5. The first kappa shape index (κ1) is 24.0. The van der Waals surface area contributed by atoms with E-state index in [0.717, 1.165) is 39.1 Å². The van der Waals surface area contributed by atoms with E-state index in [0.29, 0.717) is 5.65 Å². The molecule has 0 aliphatic rings. The lowest BCUT2D eigenvalue weighted by Gasteiger charge is -2.18. The van der Waals surface area contributed by atoms with E-state index in [9.17, 15) is 4.79 Å². The molecule has 0 fully saturated rings. The molecular formula is C30H26N8O. The summed E-state index contributed by atoms with van der Waals surface area (Å²) in [6, 6.07) is 19.6. The maximum Gasteiger partial charge on any atom is 0.259 e. The molecule has 1 amide bonds. The van der Waals surface area contributed by atoms with Gasteiger partial charge in [-0.2, -0.15) is 5.10 Å². The largest absolute Gasteiger partial charge is 0.381 e. The van der Waals surface area contributed by atoms with Crippen molar-refractivity contribution < 1.29 is 4.79 Å². The van der Waals surface area contributed by atoms with E-state index in [1.165, 1.54) is 4.52 Å². The Labute approximate surface area is 224 Å².